The van der Waals surface area contributed by atoms with E-state index in [0.29, 0.717) is 17.5 Å². The molecule has 84 valence electrons. The van der Waals surface area contributed by atoms with Gasteiger partial charge in [-0.05, 0) is 38.6 Å². The predicted molar refractivity (Wildman–Crippen MR) is 63.7 cm³/mol. The van der Waals surface area contributed by atoms with Gasteiger partial charge in [-0.15, -0.1) is 0 Å². The van der Waals surface area contributed by atoms with Crippen LogP contribution in [-0.2, 0) is 6.54 Å². The second-order valence-corrected chi connectivity index (χ2v) is 4.04. The third kappa shape index (κ3) is 3.13. The maximum Gasteiger partial charge on any atom is 0.120 e. The Labute approximate surface area is 91.5 Å². The number of hydrogen-bond donors (Lipinski definition) is 2. The van der Waals surface area contributed by atoms with Crippen LogP contribution in [0.4, 0.5) is 5.69 Å². The van der Waals surface area contributed by atoms with Gasteiger partial charge in [0.25, 0.3) is 0 Å². The Hall–Kier alpha value is -1.22. The lowest BCUT2D eigenvalue weighted by Gasteiger charge is -2.25. The van der Waals surface area contributed by atoms with E-state index in [-0.39, 0.29) is 0 Å². The molecular formula is C12H20N2O. The minimum atomic E-state index is 0.323. The van der Waals surface area contributed by atoms with E-state index < -0.39 is 0 Å². The Kier molecular flexibility index (Phi) is 3.97. The van der Waals surface area contributed by atoms with E-state index in [4.69, 9.17) is 5.73 Å². The molecule has 1 aromatic rings. The van der Waals surface area contributed by atoms with Crippen molar-refractivity contribution in [2.75, 3.05) is 12.3 Å². The molecule has 0 aliphatic carbocycles. The fraction of sp³-hybridized carbons (Fsp3) is 0.500. The number of nitrogen functional groups attached to an aromatic ring is 1. The van der Waals surface area contributed by atoms with Crippen molar-refractivity contribution in [1.29, 1.82) is 0 Å². The van der Waals surface area contributed by atoms with Crippen molar-refractivity contribution in [2.45, 2.75) is 33.4 Å². The minimum Gasteiger partial charge on any atom is -0.508 e. The maximum atomic E-state index is 9.68. The molecule has 0 aliphatic heterocycles. The monoisotopic (exact) mass is 208 g/mol. The van der Waals surface area contributed by atoms with Crippen molar-refractivity contribution in [3.63, 3.8) is 0 Å². The molecule has 3 heteroatoms. The first-order chi connectivity index (χ1) is 7.04. The van der Waals surface area contributed by atoms with Gasteiger partial charge in [0.15, 0.2) is 0 Å². The van der Waals surface area contributed by atoms with Crippen molar-refractivity contribution in [2.24, 2.45) is 0 Å². The summed E-state index contributed by atoms with van der Waals surface area (Å²) >= 11 is 0. The molecule has 0 radical (unpaired) electrons. The topological polar surface area (TPSA) is 49.5 Å². The van der Waals surface area contributed by atoms with Gasteiger partial charge in [0.2, 0.25) is 0 Å². The minimum absolute atomic E-state index is 0.323. The molecule has 0 spiro atoms. The number of hydrogen-bond acceptors (Lipinski definition) is 3. The molecule has 1 rings (SSSR count). The average molecular weight is 208 g/mol. The summed E-state index contributed by atoms with van der Waals surface area (Å²) in [5.41, 5.74) is 7.28. The van der Waals surface area contributed by atoms with Crippen molar-refractivity contribution >= 4 is 5.69 Å². The van der Waals surface area contributed by atoms with Gasteiger partial charge < -0.3 is 10.8 Å². The second kappa shape index (κ2) is 5.03. The standard InChI is InChI=1S/C12H20N2O/c1-4-14(9(2)3)8-10-7-11(13)5-6-12(10)15/h5-7,9,15H,4,8,13H2,1-3H3. The van der Waals surface area contributed by atoms with Gasteiger partial charge in [-0.25, -0.2) is 0 Å². The number of benzene rings is 1. The predicted octanol–water partition coefficient (Wildman–Crippen LogP) is 2.20. The third-order valence-electron chi connectivity index (χ3n) is 2.61. The van der Waals surface area contributed by atoms with Crippen LogP contribution in [-0.4, -0.2) is 22.6 Å². The summed E-state index contributed by atoms with van der Waals surface area (Å²) < 4.78 is 0. The molecule has 0 unspecified atom stereocenters. The number of phenolic OH excluding ortho intramolecular Hbond substituents is 1. The Morgan fingerprint density at radius 2 is 2.07 bits per heavy atom. The zero-order valence-electron chi connectivity index (χ0n) is 9.70. The summed E-state index contributed by atoms with van der Waals surface area (Å²) in [4.78, 5) is 2.27. The number of anilines is 1. The summed E-state index contributed by atoms with van der Waals surface area (Å²) in [5, 5.41) is 9.68. The van der Waals surface area contributed by atoms with E-state index in [2.05, 4.69) is 25.7 Å². The zero-order valence-corrected chi connectivity index (χ0v) is 9.70. The normalized spacial score (nSPS) is 11.3. The zero-order chi connectivity index (χ0) is 11.4. The second-order valence-electron chi connectivity index (χ2n) is 4.04. The smallest absolute Gasteiger partial charge is 0.120 e. The molecule has 3 nitrogen and oxygen atoms in total. The molecule has 0 amide bonds. The highest BCUT2D eigenvalue weighted by Gasteiger charge is 2.10. The van der Waals surface area contributed by atoms with E-state index in [9.17, 15) is 5.11 Å². The number of rotatable bonds is 4. The van der Waals surface area contributed by atoms with Gasteiger partial charge in [-0.2, -0.15) is 0 Å². The first-order valence-corrected chi connectivity index (χ1v) is 5.36. The lowest BCUT2D eigenvalue weighted by Crippen LogP contribution is -2.29. The van der Waals surface area contributed by atoms with E-state index in [0.717, 1.165) is 18.7 Å². The number of phenols is 1. The maximum absolute atomic E-state index is 9.68. The fourth-order valence-electron chi connectivity index (χ4n) is 1.61. The van der Waals surface area contributed by atoms with Crippen molar-refractivity contribution in [3.05, 3.63) is 23.8 Å². The average Bonchev–Trinajstić information content (AvgIpc) is 2.18. The lowest BCUT2D eigenvalue weighted by molar-refractivity contribution is 0.222. The summed E-state index contributed by atoms with van der Waals surface area (Å²) in [6.07, 6.45) is 0. The molecular weight excluding hydrogens is 188 g/mol. The number of aromatic hydroxyl groups is 1. The molecule has 0 bridgehead atoms. The van der Waals surface area contributed by atoms with Gasteiger partial charge >= 0.3 is 0 Å². The van der Waals surface area contributed by atoms with Crippen molar-refractivity contribution in [1.82, 2.24) is 4.90 Å². The molecule has 0 heterocycles. The molecule has 0 fully saturated rings. The van der Waals surface area contributed by atoms with Crippen LogP contribution in [0, 0.1) is 0 Å². The lowest BCUT2D eigenvalue weighted by atomic mass is 10.1. The molecule has 0 saturated heterocycles. The van der Waals surface area contributed by atoms with E-state index in [1.807, 2.05) is 6.07 Å². The highest BCUT2D eigenvalue weighted by molar-refractivity contribution is 5.47. The van der Waals surface area contributed by atoms with Crippen molar-refractivity contribution in [3.8, 4) is 5.75 Å². The van der Waals surface area contributed by atoms with Crippen molar-refractivity contribution < 1.29 is 5.11 Å². The quantitative estimate of drug-likeness (QED) is 0.589. The molecule has 0 aromatic heterocycles. The molecule has 15 heavy (non-hydrogen) atoms. The van der Waals surface area contributed by atoms with Gasteiger partial charge in [0.05, 0.1) is 0 Å². The third-order valence-corrected chi connectivity index (χ3v) is 2.61. The Morgan fingerprint density at radius 1 is 1.40 bits per heavy atom. The van der Waals surface area contributed by atoms with Crippen LogP contribution >= 0.6 is 0 Å². The van der Waals surface area contributed by atoms with E-state index >= 15 is 0 Å². The van der Waals surface area contributed by atoms with Crippen LogP contribution in [0.15, 0.2) is 18.2 Å². The van der Waals surface area contributed by atoms with Crippen LogP contribution in [0.1, 0.15) is 26.3 Å². The first-order valence-electron chi connectivity index (χ1n) is 5.36. The summed E-state index contributed by atoms with van der Waals surface area (Å²) in [6, 6.07) is 5.67. The Morgan fingerprint density at radius 3 is 2.60 bits per heavy atom. The van der Waals surface area contributed by atoms with Gasteiger partial charge in [0.1, 0.15) is 5.75 Å². The summed E-state index contributed by atoms with van der Waals surface area (Å²) in [5.74, 6) is 0.323. The molecule has 0 saturated carbocycles. The fourth-order valence-corrected chi connectivity index (χ4v) is 1.61. The first kappa shape index (κ1) is 11.9. The number of nitrogens with two attached hydrogens (primary N) is 1. The Bertz CT molecular complexity index is 323. The van der Waals surface area contributed by atoms with E-state index in [1.54, 1.807) is 12.1 Å². The van der Waals surface area contributed by atoms with Gasteiger partial charge in [0, 0.05) is 23.8 Å². The SMILES string of the molecule is CCN(Cc1cc(N)ccc1O)C(C)C. The van der Waals surface area contributed by atoms with Crippen LogP contribution < -0.4 is 5.73 Å². The highest BCUT2D eigenvalue weighted by Crippen LogP contribution is 2.21. The van der Waals surface area contributed by atoms with Gasteiger partial charge in [-0.3, -0.25) is 4.90 Å². The van der Waals surface area contributed by atoms with Crippen LogP contribution in [0.3, 0.4) is 0 Å². The largest absolute Gasteiger partial charge is 0.508 e. The Balaban J connectivity index is 2.82. The molecule has 0 atom stereocenters. The molecule has 0 aliphatic rings. The van der Waals surface area contributed by atoms with Crippen LogP contribution in [0.25, 0.3) is 0 Å². The molecule has 1 aromatic carbocycles. The molecule has 3 N–H and O–H groups in total. The number of nitrogens with zero attached hydrogens (tertiary/aromatic N) is 1. The summed E-state index contributed by atoms with van der Waals surface area (Å²) in [7, 11) is 0. The van der Waals surface area contributed by atoms with Gasteiger partial charge in [-0.1, -0.05) is 6.92 Å². The van der Waals surface area contributed by atoms with Crippen LogP contribution in [0.5, 0.6) is 5.75 Å². The summed E-state index contributed by atoms with van der Waals surface area (Å²) in [6.45, 7) is 8.11. The highest BCUT2D eigenvalue weighted by atomic mass is 16.3. The van der Waals surface area contributed by atoms with Crippen LogP contribution in [0.2, 0.25) is 0 Å². The van der Waals surface area contributed by atoms with E-state index in [1.165, 1.54) is 0 Å².